The molecule has 138 valence electrons. The van der Waals surface area contributed by atoms with E-state index in [1.54, 1.807) is 0 Å². The van der Waals surface area contributed by atoms with E-state index in [9.17, 15) is 22.4 Å². The number of carbonyl (C=O) groups excluding carboxylic acids is 2. The van der Waals surface area contributed by atoms with Crippen molar-refractivity contribution in [3.63, 3.8) is 0 Å². The largest absolute Gasteiger partial charge is 0.452 e. The fraction of sp³-hybridized carbons (Fsp3) is 0.125. The molecule has 0 aliphatic heterocycles. The van der Waals surface area contributed by atoms with Crippen LogP contribution >= 0.6 is 11.6 Å². The zero-order valence-electron chi connectivity index (χ0n) is 13.5. The minimum absolute atomic E-state index is 0.0649. The maximum Gasteiger partial charge on any atom is 0.338 e. The third-order valence-electron chi connectivity index (χ3n) is 3.19. The van der Waals surface area contributed by atoms with Crippen LogP contribution in [0.25, 0.3) is 0 Å². The lowest BCUT2D eigenvalue weighted by Gasteiger charge is -2.09. The molecule has 7 nitrogen and oxygen atoms in total. The molecule has 2 N–H and O–H groups in total. The zero-order valence-corrected chi connectivity index (χ0v) is 15.0. The summed E-state index contributed by atoms with van der Waals surface area (Å²) in [7, 11) is -2.66. The third kappa shape index (κ3) is 5.01. The van der Waals surface area contributed by atoms with Crippen LogP contribution in [0.5, 0.6) is 0 Å². The topological polar surface area (TPSA) is 102 Å². The smallest absolute Gasteiger partial charge is 0.338 e. The van der Waals surface area contributed by atoms with Crippen molar-refractivity contribution in [2.75, 3.05) is 19.0 Å². The second kappa shape index (κ2) is 8.26. The number of hydrogen-bond donors (Lipinski definition) is 2. The molecular formula is C16H14ClFN2O5S. The lowest BCUT2D eigenvalue weighted by atomic mass is 10.2. The maximum absolute atomic E-state index is 12.8. The second-order valence-electron chi connectivity index (χ2n) is 4.98. The predicted octanol–water partition coefficient (Wildman–Crippen LogP) is 2.18. The normalized spacial score (nSPS) is 11.0. The summed E-state index contributed by atoms with van der Waals surface area (Å²) in [4.78, 5) is 23.5. The molecule has 0 unspecified atom stereocenters. The fourth-order valence-corrected chi connectivity index (χ4v) is 3.14. The first-order chi connectivity index (χ1) is 12.2. The molecule has 10 heteroatoms. The van der Waals surface area contributed by atoms with Gasteiger partial charge >= 0.3 is 5.97 Å². The first kappa shape index (κ1) is 19.8. The van der Waals surface area contributed by atoms with Gasteiger partial charge in [-0.2, -0.15) is 0 Å². The molecule has 2 rings (SSSR count). The van der Waals surface area contributed by atoms with Crippen LogP contribution in [0.1, 0.15) is 10.4 Å². The van der Waals surface area contributed by atoms with Gasteiger partial charge in [0.1, 0.15) is 10.7 Å². The van der Waals surface area contributed by atoms with Crippen LogP contribution in [0.3, 0.4) is 0 Å². The van der Waals surface area contributed by atoms with Gasteiger partial charge in [0, 0.05) is 5.69 Å². The monoisotopic (exact) mass is 400 g/mol. The van der Waals surface area contributed by atoms with Gasteiger partial charge in [-0.05, 0) is 49.5 Å². The van der Waals surface area contributed by atoms with Crippen LogP contribution in [0.4, 0.5) is 10.1 Å². The van der Waals surface area contributed by atoms with Crippen LogP contribution in [0.2, 0.25) is 5.02 Å². The number of nitrogens with one attached hydrogen (secondary N) is 2. The standard InChI is InChI=1S/C16H14ClFN2O5S/c1-19-26(23,24)14-8-10(2-7-13(14)17)16(22)25-9-15(21)20-12-5-3-11(18)4-6-12/h2-8,19H,9H2,1H3,(H,20,21). The molecule has 0 atom stereocenters. The van der Waals surface area contributed by atoms with Crippen LogP contribution in [-0.2, 0) is 19.6 Å². The van der Waals surface area contributed by atoms with E-state index in [2.05, 4.69) is 10.0 Å². The summed E-state index contributed by atoms with van der Waals surface area (Å²) < 4.78 is 43.4. The van der Waals surface area contributed by atoms with E-state index in [1.807, 2.05) is 0 Å². The van der Waals surface area contributed by atoms with E-state index in [4.69, 9.17) is 16.3 Å². The van der Waals surface area contributed by atoms with Crippen molar-refractivity contribution in [1.82, 2.24) is 4.72 Å². The zero-order chi connectivity index (χ0) is 19.3. The van der Waals surface area contributed by atoms with Gasteiger partial charge in [0.25, 0.3) is 5.91 Å². The van der Waals surface area contributed by atoms with Crippen LogP contribution in [-0.4, -0.2) is 33.9 Å². The Kier molecular flexibility index (Phi) is 6.30. The summed E-state index contributed by atoms with van der Waals surface area (Å²) in [6.45, 7) is -0.604. The Labute approximate surface area is 154 Å². The van der Waals surface area contributed by atoms with Crippen molar-refractivity contribution in [3.8, 4) is 0 Å². The Morgan fingerprint density at radius 3 is 2.42 bits per heavy atom. The predicted molar refractivity (Wildman–Crippen MR) is 93.0 cm³/mol. The molecule has 2 aromatic carbocycles. The van der Waals surface area contributed by atoms with Crippen molar-refractivity contribution in [3.05, 3.63) is 58.9 Å². The molecule has 0 aliphatic carbocycles. The lowest BCUT2D eigenvalue weighted by Crippen LogP contribution is -2.22. The summed E-state index contributed by atoms with van der Waals surface area (Å²) in [6.07, 6.45) is 0. The minimum atomic E-state index is -3.86. The number of esters is 1. The van der Waals surface area contributed by atoms with Gasteiger partial charge in [-0.3, -0.25) is 4.79 Å². The summed E-state index contributed by atoms with van der Waals surface area (Å²) in [5.41, 5.74) is 0.249. The Balaban J connectivity index is 2.02. The van der Waals surface area contributed by atoms with E-state index < -0.39 is 34.3 Å². The molecule has 1 amide bonds. The van der Waals surface area contributed by atoms with Gasteiger partial charge in [-0.1, -0.05) is 11.6 Å². The highest BCUT2D eigenvalue weighted by Crippen LogP contribution is 2.22. The maximum atomic E-state index is 12.8. The van der Waals surface area contributed by atoms with E-state index in [1.165, 1.54) is 43.4 Å². The van der Waals surface area contributed by atoms with E-state index >= 15 is 0 Å². The SMILES string of the molecule is CNS(=O)(=O)c1cc(C(=O)OCC(=O)Nc2ccc(F)cc2)ccc1Cl. The van der Waals surface area contributed by atoms with Crippen molar-refractivity contribution in [2.24, 2.45) is 0 Å². The molecule has 0 saturated heterocycles. The number of ether oxygens (including phenoxy) is 1. The molecule has 0 aromatic heterocycles. The van der Waals surface area contributed by atoms with Gasteiger partial charge in [0.15, 0.2) is 6.61 Å². The molecule has 0 aliphatic rings. The number of sulfonamides is 1. The number of benzene rings is 2. The molecule has 0 saturated carbocycles. The number of rotatable bonds is 6. The van der Waals surface area contributed by atoms with Crippen LogP contribution in [0.15, 0.2) is 47.4 Å². The average molecular weight is 401 g/mol. The van der Waals surface area contributed by atoms with Gasteiger partial charge in [0.05, 0.1) is 10.6 Å². The highest BCUT2D eigenvalue weighted by molar-refractivity contribution is 7.89. The molecule has 2 aromatic rings. The summed E-state index contributed by atoms with van der Waals surface area (Å²) in [5, 5.41) is 2.36. The summed E-state index contributed by atoms with van der Waals surface area (Å²) >= 11 is 5.83. The first-order valence-electron chi connectivity index (χ1n) is 7.18. The van der Waals surface area contributed by atoms with Gasteiger partial charge in [-0.25, -0.2) is 22.3 Å². The average Bonchev–Trinajstić information content (AvgIpc) is 2.62. The Hall–Kier alpha value is -2.49. The first-order valence-corrected chi connectivity index (χ1v) is 9.04. The van der Waals surface area contributed by atoms with Crippen molar-refractivity contribution in [1.29, 1.82) is 0 Å². The van der Waals surface area contributed by atoms with E-state index in [0.717, 1.165) is 6.07 Å². The molecule has 0 spiro atoms. The van der Waals surface area contributed by atoms with Gasteiger partial charge < -0.3 is 10.1 Å². The molecule has 26 heavy (non-hydrogen) atoms. The van der Waals surface area contributed by atoms with Crippen LogP contribution in [0, 0.1) is 5.82 Å². The Bertz CT molecular complexity index is 932. The van der Waals surface area contributed by atoms with Gasteiger partial charge in [0.2, 0.25) is 10.0 Å². The number of carbonyl (C=O) groups is 2. The fourth-order valence-electron chi connectivity index (χ4n) is 1.89. The van der Waals surface area contributed by atoms with Crippen molar-refractivity contribution >= 4 is 39.2 Å². The molecule has 0 bridgehead atoms. The summed E-state index contributed by atoms with van der Waals surface area (Å²) in [6, 6.07) is 8.59. The second-order valence-corrected chi connectivity index (χ2v) is 7.25. The number of amides is 1. The van der Waals surface area contributed by atoms with Crippen molar-refractivity contribution in [2.45, 2.75) is 4.90 Å². The van der Waals surface area contributed by atoms with Crippen LogP contribution < -0.4 is 10.0 Å². The quantitative estimate of drug-likeness (QED) is 0.724. The van der Waals surface area contributed by atoms with Gasteiger partial charge in [-0.15, -0.1) is 0 Å². The number of anilines is 1. The van der Waals surface area contributed by atoms with Crippen molar-refractivity contribution < 1.29 is 27.1 Å². The minimum Gasteiger partial charge on any atom is -0.452 e. The highest BCUT2D eigenvalue weighted by Gasteiger charge is 2.19. The number of halogens is 2. The Morgan fingerprint density at radius 1 is 1.15 bits per heavy atom. The van der Waals surface area contributed by atoms with E-state index in [-0.39, 0.29) is 15.5 Å². The number of hydrogen-bond acceptors (Lipinski definition) is 5. The molecule has 0 heterocycles. The summed E-state index contributed by atoms with van der Waals surface area (Å²) in [5.74, 6) is -1.99. The molecular weight excluding hydrogens is 387 g/mol. The lowest BCUT2D eigenvalue weighted by molar-refractivity contribution is -0.119. The molecule has 0 radical (unpaired) electrons. The molecule has 0 fully saturated rings. The third-order valence-corrected chi connectivity index (χ3v) is 5.08. The van der Waals surface area contributed by atoms with E-state index in [0.29, 0.717) is 5.69 Å². The Morgan fingerprint density at radius 2 is 1.81 bits per heavy atom. The highest BCUT2D eigenvalue weighted by atomic mass is 35.5.